The summed E-state index contributed by atoms with van der Waals surface area (Å²) in [6.45, 7) is 4.31. The second-order valence-corrected chi connectivity index (χ2v) is 5.06. The van der Waals surface area contributed by atoms with Crippen molar-refractivity contribution in [2.24, 2.45) is 0 Å². The Morgan fingerprint density at radius 3 is 2.29 bits per heavy atom. The molecule has 0 aliphatic carbocycles. The highest BCUT2D eigenvalue weighted by Crippen LogP contribution is 2.26. The van der Waals surface area contributed by atoms with Crippen molar-refractivity contribution in [1.82, 2.24) is 0 Å². The standard InChI is InChI=1S/C15H16ClN/c1-15(2,12-7-4-3-5-8-12)17-14-10-6-9-13(16)11-14/h3-11,17H,1-2H3. The van der Waals surface area contributed by atoms with Crippen LogP contribution in [0.3, 0.4) is 0 Å². The summed E-state index contributed by atoms with van der Waals surface area (Å²) < 4.78 is 0. The highest BCUT2D eigenvalue weighted by atomic mass is 35.5. The van der Waals surface area contributed by atoms with Crippen LogP contribution in [-0.2, 0) is 5.54 Å². The predicted molar refractivity (Wildman–Crippen MR) is 74.5 cm³/mol. The molecule has 0 aliphatic rings. The van der Waals surface area contributed by atoms with E-state index < -0.39 is 0 Å². The van der Waals surface area contributed by atoms with Crippen LogP contribution < -0.4 is 5.32 Å². The molecular formula is C15H16ClN. The molecule has 0 fully saturated rings. The van der Waals surface area contributed by atoms with E-state index in [1.807, 2.05) is 30.3 Å². The minimum Gasteiger partial charge on any atom is -0.376 e. The van der Waals surface area contributed by atoms with Gasteiger partial charge in [0.15, 0.2) is 0 Å². The van der Waals surface area contributed by atoms with Gasteiger partial charge < -0.3 is 5.32 Å². The van der Waals surface area contributed by atoms with Crippen LogP contribution in [0.25, 0.3) is 0 Å². The largest absolute Gasteiger partial charge is 0.376 e. The first kappa shape index (κ1) is 12.0. The molecule has 1 N–H and O–H groups in total. The van der Waals surface area contributed by atoms with Crippen molar-refractivity contribution >= 4 is 17.3 Å². The summed E-state index contributed by atoms with van der Waals surface area (Å²) in [5.74, 6) is 0. The summed E-state index contributed by atoms with van der Waals surface area (Å²) in [6, 6.07) is 18.2. The molecule has 1 nitrogen and oxygen atoms in total. The van der Waals surface area contributed by atoms with E-state index in [2.05, 4.69) is 43.4 Å². The summed E-state index contributed by atoms with van der Waals surface area (Å²) in [4.78, 5) is 0. The number of rotatable bonds is 3. The van der Waals surface area contributed by atoms with Crippen molar-refractivity contribution in [2.75, 3.05) is 5.32 Å². The molecule has 0 unspecified atom stereocenters. The van der Waals surface area contributed by atoms with Crippen LogP contribution in [0.4, 0.5) is 5.69 Å². The number of halogens is 1. The zero-order valence-electron chi connectivity index (χ0n) is 10.1. The summed E-state index contributed by atoms with van der Waals surface area (Å²) in [5.41, 5.74) is 2.16. The Kier molecular flexibility index (Phi) is 3.39. The van der Waals surface area contributed by atoms with Gasteiger partial charge in [-0.25, -0.2) is 0 Å². The van der Waals surface area contributed by atoms with E-state index in [9.17, 15) is 0 Å². The number of hydrogen-bond acceptors (Lipinski definition) is 1. The number of anilines is 1. The summed E-state index contributed by atoms with van der Waals surface area (Å²) in [5, 5.41) is 4.24. The minimum absolute atomic E-state index is 0.119. The Bertz CT molecular complexity index is 491. The SMILES string of the molecule is CC(C)(Nc1cccc(Cl)c1)c1ccccc1. The Morgan fingerprint density at radius 1 is 0.941 bits per heavy atom. The van der Waals surface area contributed by atoms with Gasteiger partial charge in [-0.05, 0) is 37.6 Å². The average Bonchev–Trinajstić information content (AvgIpc) is 2.29. The molecule has 0 amide bonds. The summed E-state index contributed by atoms with van der Waals surface area (Å²) >= 11 is 5.98. The smallest absolute Gasteiger partial charge is 0.0569 e. The van der Waals surface area contributed by atoms with Gasteiger partial charge in [0.05, 0.1) is 5.54 Å². The maximum atomic E-state index is 5.98. The molecule has 2 rings (SSSR count). The van der Waals surface area contributed by atoms with Gasteiger partial charge in [0, 0.05) is 10.7 Å². The molecule has 0 atom stereocenters. The van der Waals surface area contributed by atoms with Gasteiger partial charge in [-0.2, -0.15) is 0 Å². The van der Waals surface area contributed by atoms with Crippen LogP contribution >= 0.6 is 11.6 Å². The number of benzene rings is 2. The first-order valence-corrected chi connectivity index (χ1v) is 6.05. The van der Waals surface area contributed by atoms with E-state index in [0.29, 0.717) is 0 Å². The molecule has 0 saturated carbocycles. The highest BCUT2D eigenvalue weighted by Gasteiger charge is 2.19. The predicted octanol–water partition coefficient (Wildman–Crippen LogP) is 4.69. The second kappa shape index (κ2) is 4.80. The first-order chi connectivity index (χ1) is 8.08. The average molecular weight is 246 g/mol. The van der Waals surface area contributed by atoms with Gasteiger partial charge in [-0.15, -0.1) is 0 Å². The molecule has 2 heteroatoms. The van der Waals surface area contributed by atoms with Gasteiger partial charge in [0.1, 0.15) is 0 Å². The summed E-state index contributed by atoms with van der Waals surface area (Å²) in [7, 11) is 0. The van der Waals surface area contributed by atoms with Gasteiger partial charge in [-0.1, -0.05) is 48.0 Å². The van der Waals surface area contributed by atoms with Gasteiger partial charge in [0.25, 0.3) is 0 Å². The zero-order chi connectivity index (χ0) is 12.3. The fourth-order valence-electron chi connectivity index (χ4n) is 1.85. The lowest BCUT2D eigenvalue weighted by atomic mass is 9.94. The minimum atomic E-state index is -0.119. The van der Waals surface area contributed by atoms with Crippen LogP contribution in [-0.4, -0.2) is 0 Å². The fraction of sp³-hybridized carbons (Fsp3) is 0.200. The Labute approximate surface area is 107 Å². The highest BCUT2D eigenvalue weighted by molar-refractivity contribution is 6.30. The molecule has 88 valence electrons. The van der Waals surface area contributed by atoms with Crippen molar-refractivity contribution in [1.29, 1.82) is 0 Å². The molecular weight excluding hydrogens is 230 g/mol. The summed E-state index contributed by atoms with van der Waals surface area (Å²) in [6.07, 6.45) is 0. The van der Waals surface area contributed by atoms with Crippen molar-refractivity contribution in [3.63, 3.8) is 0 Å². The van der Waals surface area contributed by atoms with E-state index in [-0.39, 0.29) is 5.54 Å². The third kappa shape index (κ3) is 3.01. The van der Waals surface area contributed by atoms with Crippen molar-refractivity contribution in [3.8, 4) is 0 Å². The van der Waals surface area contributed by atoms with Crippen LogP contribution in [0, 0.1) is 0 Å². The molecule has 2 aromatic rings. The number of hydrogen-bond donors (Lipinski definition) is 1. The molecule has 0 bridgehead atoms. The normalized spacial score (nSPS) is 11.2. The van der Waals surface area contributed by atoms with Crippen molar-refractivity contribution < 1.29 is 0 Å². The van der Waals surface area contributed by atoms with Gasteiger partial charge in [-0.3, -0.25) is 0 Å². The van der Waals surface area contributed by atoms with Crippen LogP contribution in [0.2, 0.25) is 5.02 Å². The molecule has 0 radical (unpaired) electrons. The quantitative estimate of drug-likeness (QED) is 0.828. The van der Waals surface area contributed by atoms with Crippen molar-refractivity contribution in [3.05, 3.63) is 65.2 Å². The zero-order valence-corrected chi connectivity index (χ0v) is 10.8. The van der Waals surface area contributed by atoms with Crippen molar-refractivity contribution in [2.45, 2.75) is 19.4 Å². The third-order valence-electron chi connectivity index (χ3n) is 2.78. The van der Waals surface area contributed by atoms with Crippen LogP contribution in [0.15, 0.2) is 54.6 Å². The van der Waals surface area contributed by atoms with E-state index >= 15 is 0 Å². The van der Waals surface area contributed by atoms with Crippen LogP contribution in [0.5, 0.6) is 0 Å². The number of nitrogens with one attached hydrogen (secondary N) is 1. The van der Waals surface area contributed by atoms with Crippen LogP contribution in [0.1, 0.15) is 19.4 Å². The van der Waals surface area contributed by atoms with E-state index in [1.165, 1.54) is 5.56 Å². The fourth-order valence-corrected chi connectivity index (χ4v) is 2.04. The first-order valence-electron chi connectivity index (χ1n) is 5.67. The molecule has 2 aromatic carbocycles. The van der Waals surface area contributed by atoms with E-state index in [1.54, 1.807) is 0 Å². The van der Waals surface area contributed by atoms with E-state index in [0.717, 1.165) is 10.7 Å². The molecule has 0 spiro atoms. The third-order valence-corrected chi connectivity index (χ3v) is 3.01. The van der Waals surface area contributed by atoms with E-state index in [4.69, 9.17) is 11.6 Å². The molecule has 0 heterocycles. The maximum Gasteiger partial charge on any atom is 0.0569 e. The molecule has 0 aliphatic heterocycles. The Morgan fingerprint density at radius 2 is 1.65 bits per heavy atom. The second-order valence-electron chi connectivity index (χ2n) is 4.63. The van der Waals surface area contributed by atoms with Gasteiger partial charge in [0.2, 0.25) is 0 Å². The molecule has 0 saturated heterocycles. The lowest BCUT2D eigenvalue weighted by Crippen LogP contribution is -2.27. The Balaban J connectivity index is 2.23. The van der Waals surface area contributed by atoms with Gasteiger partial charge >= 0.3 is 0 Å². The molecule has 0 aromatic heterocycles. The maximum absolute atomic E-state index is 5.98. The Hall–Kier alpha value is -1.47. The lowest BCUT2D eigenvalue weighted by Gasteiger charge is -2.28. The topological polar surface area (TPSA) is 12.0 Å². The molecule has 17 heavy (non-hydrogen) atoms. The lowest BCUT2D eigenvalue weighted by molar-refractivity contribution is 0.609. The monoisotopic (exact) mass is 245 g/mol.